The lowest BCUT2D eigenvalue weighted by Gasteiger charge is -2.11. The summed E-state index contributed by atoms with van der Waals surface area (Å²) in [7, 11) is 0. The van der Waals surface area contributed by atoms with Crippen molar-refractivity contribution in [2.45, 2.75) is 32.6 Å². The van der Waals surface area contributed by atoms with Gasteiger partial charge in [0, 0.05) is 10.6 Å². The van der Waals surface area contributed by atoms with Gasteiger partial charge in [-0.15, -0.1) is 11.3 Å². The summed E-state index contributed by atoms with van der Waals surface area (Å²) in [6.45, 7) is 2.06. The molecule has 3 aromatic rings. The van der Waals surface area contributed by atoms with Crippen molar-refractivity contribution in [1.82, 2.24) is 0 Å². The SMILES string of the molecule is CCc1ccccc1NC(=O)c1c(NC(=O)c2ccco2)sc2c1CCC2. The molecule has 5 nitrogen and oxygen atoms in total. The number of nitrogens with one attached hydrogen (secondary N) is 2. The number of aryl methyl sites for hydroxylation is 2. The Kier molecular flexibility index (Phi) is 4.81. The largest absolute Gasteiger partial charge is 0.459 e. The van der Waals surface area contributed by atoms with E-state index in [1.807, 2.05) is 24.3 Å². The summed E-state index contributed by atoms with van der Waals surface area (Å²) in [6.07, 6.45) is 5.14. The molecule has 0 spiro atoms. The summed E-state index contributed by atoms with van der Waals surface area (Å²) in [5.74, 6) is -0.292. The number of hydrogen-bond acceptors (Lipinski definition) is 4. The predicted octanol–water partition coefficient (Wildman–Crippen LogP) is 4.90. The van der Waals surface area contributed by atoms with Crippen molar-refractivity contribution in [2.75, 3.05) is 10.6 Å². The van der Waals surface area contributed by atoms with Gasteiger partial charge in [0.15, 0.2) is 5.76 Å². The number of fused-ring (bicyclic) bond motifs is 1. The van der Waals surface area contributed by atoms with E-state index in [0.29, 0.717) is 10.6 Å². The first-order valence-corrected chi connectivity index (χ1v) is 9.87. The van der Waals surface area contributed by atoms with Crippen LogP contribution >= 0.6 is 11.3 Å². The van der Waals surface area contributed by atoms with Crippen molar-refractivity contribution < 1.29 is 14.0 Å². The van der Waals surface area contributed by atoms with Crippen molar-refractivity contribution in [3.8, 4) is 0 Å². The number of carbonyl (C=O) groups is 2. The van der Waals surface area contributed by atoms with Crippen LogP contribution in [-0.4, -0.2) is 11.8 Å². The minimum absolute atomic E-state index is 0.176. The van der Waals surface area contributed by atoms with Crippen molar-refractivity contribution in [3.63, 3.8) is 0 Å². The molecule has 1 aliphatic rings. The first-order chi connectivity index (χ1) is 13.2. The molecule has 0 atom stereocenters. The topological polar surface area (TPSA) is 71.3 Å². The van der Waals surface area contributed by atoms with Crippen LogP contribution in [0.1, 0.15) is 50.3 Å². The number of hydrogen-bond donors (Lipinski definition) is 2. The van der Waals surface area contributed by atoms with Crippen LogP contribution in [0.5, 0.6) is 0 Å². The summed E-state index contributed by atoms with van der Waals surface area (Å²) in [5.41, 5.74) is 3.53. The molecule has 6 heteroatoms. The van der Waals surface area contributed by atoms with E-state index in [9.17, 15) is 9.59 Å². The standard InChI is InChI=1S/C21H20N2O3S/c1-2-13-7-3-4-9-15(13)22-20(25)18-14-8-5-11-17(14)27-21(18)23-19(24)16-10-6-12-26-16/h3-4,6-7,9-10,12H,2,5,8,11H2,1H3,(H,22,25)(H,23,24). The van der Waals surface area contributed by atoms with E-state index in [0.717, 1.165) is 42.5 Å². The monoisotopic (exact) mass is 380 g/mol. The first-order valence-electron chi connectivity index (χ1n) is 9.06. The highest BCUT2D eigenvalue weighted by Crippen LogP contribution is 2.39. The molecule has 0 aliphatic heterocycles. The maximum atomic E-state index is 13.1. The Morgan fingerprint density at radius 2 is 1.93 bits per heavy atom. The van der Waals surface area contributed by atoms with Crippen molar-refractivity contribution in [1.29, 1.82) is 0 Å². The minimum Gasteiger partial charge on any atom is -0.459 e. The highest BCUT2D eigenvalue weighted by Gasteiger charge is 2.28. The Hall–Kier alpha value is -2.86. The Labute approximate surface area is 161 Å². The number of furan rings is 1. The number of rotatable bonds is 5. The molecule has 1 aliphatic carbocycles. The van der Waals surface area contributed by atoms with Gasteiger partial charge in [-0.2, -0.15) is 0 Å². The molecule has 4 rings (SSSR count). The van der Waals surface area contributed by atoms with Gasteiger partial charge in [0.05, 0.1) is 11.8 Å². The van der Waals surface area contributed by atoms with Crippen LogP contribution in [0.2, 0.25) is 0 Å². The highest BCUT2D eigenvalue weighted by atomic mass is 32.1. The maximum absolute atomic E-state index is 13.1. The third kappa shape index (κ3) is 3.40. The normalized spacial score (nSPS) is 12.6. The molecule has 2 heterocycles. The van der Waals surface area contributed by atoms with Crippen LogP contribution in [-0.2, 0) is 19.3 Å². The van der Waals surface area contributed by atoms with Gasteiger partial charge >= 0.3 is 0 Å². The first kappa shape index (κ1) is 17.5. The number of benzene rings is 1. The summed E-state index contributed by atoms with van der Waals surface area (Å²) in [5, 5.41) is 6.49. The molecule has 2 aromatic heterocycles. The smallest absolute Gasteiger partial charge is 0.291 e. The van der Waals surface area contributed by atoms with E-state index in [-0.39, 0.29) is 17.6 Å². The van der Waals surface area contributed by atoms with Gasteiger partial charge in [-0.05, 0) is 55.0 Å². The van der Waals surface area contributed by atoms with Crippen LogP contribution in [0, 0.1) is 0 Å². The third-order valence-corrected chi connectivity index (χ3v) is 5.97. The maximum Gasteiger partial charge on any atom is 0.291 e. The number of para-hydroxylation sites is 1. The van der Waals surface area contributed by atoms with E-state index in [1.54, 1.807) is 12.1 Å². The average Bonchev–Trinajstić information content (AvgIpc) is 3.39. The number of carbonyl (C=O) groups excluding carboxylic acids is 2. The molecule has 138 valence electrons. The summed E-state index contributed by atoms with van der Waals surface area (Å²) in [4.78, 5) is 26.7. The second kappa shape index (κ2) is 7.40. The number of amides is 2. The highest BCUT2D eigenvalue weighted by molar-refractivity contribution is 7.17. The van der Waals surface area contributed by atoms with E-state index in [4.69, 9.17) is 4.42 Å². The fourth-order valence-electron chi connectivity index (χ4n) is 3.44. The second-order valence-electron chi connectivity index (χ2n) is 6.46. The van der Waals surface area contributed by atoms with E-state index in [2.05, 4.69) is 17.6 Å². The molecule has 0 saturated carbocycles. The van der Waals surface area contributed by atoms with Crippen molar-refractivity contribution >= 4 is 33.8 Å². The molecule has 0 unspecified atom stereocenters. The van der Waals surface area contributed by atoms with E-state index >= 15 is 0 Å². The molecule has 27 heavy (non-hydrogen) atoms. The third-order valence-electron chi connectivity index (χ3n) is 4.77. The lowest BCUT2D eigenvalue weighted by Crippen LogP contribution is -2.18. The Morgan fingerprint density at radius 1 is 1.07 bits per heavy atom. The zero-order valence-electron chi connectivity index (χ0n) is 15.0. The van der Waals surface area contributed by atoms with E-state index in [1.165, 1.54) is 22.5 Å². The summed E-state index contributed by atoms with van der Waals surface area (Å²) < 4.78 is 5.16. The average molecular weight is 380 g/mol. The van der Waals surface area contributed by atoms with Crippen LogP contribution in [0.25, 0.3) is 0 Å². The quantitative estimate of drug-likeness (QED) is 0.661. The van der Waals surface area contributed by atoms with E-state index < -0.39 is 0 Å². The zero-order valence-corrected chi connectivity index (χ0v) is 15.8. The second-order valence-corrected chi connectivity index (χ2v) is 7.56. The zero-order chi connectivity index (χ0) is 18.8. The number of anilines is 2. The van der Waals surface area contributed by atoms with Gasteiger partial charge < -0.3 is 15.1 Å². The Bertz CT molecular complexity index is 989. The predicted molar refractivity (Wildman–Crippen MR) is 107 cm³/mol. The summed E-state index contributed by atoms with van der Waals surface area (Å²) in [6, 6.07) is 11.1. The van der Waals surface area contributed by atoms with Gasteiger partial charge in [0.1, 0.15) is 5.00 Å². The number of thiophene rings is 1. The van der Waals surface area contributed by atoms with Gasteiger partial charge in [0.2, 0.25) is 0 Å². The molecule has 2 amide bonds. The summed E-state index contributed by atoms with van der Waals surface area (Å²) >= 11 is 1.49. The van der Waals surface area contributed by atoms with Gasteiger partial charge in [-0.3, -0.25) is 9.59 Å². The van der Waals surface area contributed by atoms with Crippen LogP contribution in [0.3, 0.4) is 0 Å². The Balaban J connectivity index is 1.65. The van der Waals surface area contributed by atoms with Crippen LogP contribution < -0.4 is 10.6 Å². The molecule has 1 aromatic carbocycles. The molecular weight excluding hydrogens is 360 g/mol. The molecule has 0 radical (unpaired) electrons. The van der Waals surface area contributed by atoms with Crippen LogP contribution in [0.4, 0.5) is 10.7 Å². The molecule has 2 N–H and O–H groups in total. The lowest BCUT2D eigenvalue weighted by molar-refractivity contribution is 0.0997. The van der Waals surface area contributed by atoms with Gasteiger partial charge in [-0.1, -0.05) is 25.1 Å². The minimum atomic E-state index is -0.345. The fraction of sp³-hybridized carbons (Fsp3) is 0.238. The lowest BCUT2D eigenvalue weighted by atomic mass is 10.1. The van der Waals surface area contributed by atoms with Gasteiger partial charge in [-0.25, -0.2) is 0 Å². The van der Waals surface area contributed by atoms with Crippen molar-refractivity contribution in [3.05, 3.63) is 70.0 Å². The van der Waals surface area contributed by atoms with Gasteiger partial charge in [0.25, 0.3) is 11.8 Å². The Morgan fingerprint density at radius 3 is 2.70 bits per heavy atom. The molecule has 0 fully saturated rings. The van der Waals surface area contributed by atoms with Crippen molar-refractivity contribution in [2.24, 2.45) is 0 Å². The fourth-order valence-corrected chi connectivity index (χ4v) is 4.72. The molecule has 0 bridgehead atoms. The molecular formula is C21H20N2O3S. The van der Waals surface area contributed by atoms with Crippen LogP contribution in [0.15, 0.2) is 47.1 Å². The molecule has 0 saturated heterocycles.